The lowest BCUT2D eigenvalue weighted by Crippen LogP contribution is -2.32. The smallest absolute Gasteiger partial charge is 0.273 e. The minimum atomic E-state index is 0.0147. The summed E-state index contributed by atoms with van der Waals surface area (Å²) in [6.45, 7) is 1.16. The van der Waals surface area contributed by atoms with Crippen LogP contribution in [0, 0.1) is 0 Å². The number of hydrogen-bond acceptors (Lipinski definition) is 5. The highest BCUT2D eigenvalue weighted by atomic mass is 32.1. The Bertz CT molecular complexity index is 609. The lowest BCUT2D eigenvalue weighted by Gasteiger charge is -2.21. The standard InChI is InChI=1S/C15H18N4OS/c16-6-5-14-18-13(10-21-14)15(20)19(12-3-4-12)9-11-2-1-7-17-8-11/h1-2,7-8,10,12H,3-6,9,16H2. The van der Waals surface area contributed by atoms with E-state index in [4.69, 9.17) is 5.73 Å². The number of nitrogens with zero attached hydrogens (tertiary/aromatic N) is 3. The number of thiazole rings is 1. The van der Waals surface area contributed by atoms with E-state index in [0.29, 0.717) is 24.8 Å². The largest absolute Gasteiger partial charge is 0.330 e. The fourth-order valence-corrected chi connectivity index (χ4v) is 3.02. The number of amides is 1. The molecule has 2 N–H and O–H groups in total. The molecule has 21 heavy (non-hydrogen) atoms. The number of rotatable bonds is 6. The van der Waals surface area contributed by atoms with Crippen LogP contribution in [0.5, 0.6) is 0 Å². The van der Waals surface area contributed by atoms with Gasteiger partial charge in [0.2, 0.25) is 0 Å². The maximum absolute atomic E-state index is 12.7. The van der Waals surface area contributed by atoms with Crippen LogP contribution < -0.4 is 5.73 Å². The molecule has 0 aliphatic heterocycles. The Morgan fingerprint density at radius 2 is 2.33 bits per heavy atom. The minimum Gasteiger partial charge on any atom is -0.330 e. The lowest BCUT2D eigenvalue weighted by molar-refractivity contribution is 0.0724. The number of carbonyl (C=O) groups excluding carboxylic acids is 1. The molecule has 0 aromatic carbocycles. The average Bonchev–Trinajstić information content (AvgIpc) is 3.25. The van der Waals surface area contributed by atoms with E-state index < -0.39 is 0 Å². The van der Waals surface area contributed by atoms with E-state index >= 15 is 0 Å². The maximum atomic E-state index is 12.7. The van der Waals surface area contributed by atoms with Crippen LogP contribution in [0.3, 0.4) is 0 Å². The molecule has 2 aromatic rings. The Balaban J connectivity index is 1.75. The molecule has 3 rings (SSSR count). The quantitative estimate of drug-likeness (QED) is 0.884. The van der Waals surface area contributed by atoms with E-state index in [2.05, 4.69) is 9.97 Å². The molecule has 1 aliphatic carbocycles. The molecule has 1 aliphatic rings. The molecule has 1 amide bonds. The first-order valence-corrected chi connectivity index (χ1v) is 8.00. The molecule has 2 aromatic heterocycles. The van der Waals surface area contributed by atoms with Gasteiger partial charge in [-0.15, -0.1) is 11.3 Å². The van der Waals surface area contributed by atoms with Gasteiger partial charge in [0.05, 0.1) is 5.01 Å². The van der Waals surface area contributed by atoms with Crippen LogP contribution in [0.15, 0.2) is 29.9 Å². The SMILES string of the molecule is NCCc1nc(C(=O)N(Cc2cccnc2)C2CC2)cs1. The number of pyridine rings is 1. The van der Waals surface area contributed by atoms with Crippen LogP contribution >= 0.6 is 11.3 Å². The van der Waals surface area contributed by atoms with Gasteiger partial charge in [-0.25, -0.2) is 4.98 Å². The van der Waals surface area contributed by atoms with Gasteiger partial charge in [-0.3, -0.25) is 9.78 Å². The van der Waals surface area contributed by atoms with E-state index in [-0.39, 0.29) is 5.91 Å². The molecule has 0 radical (unpaired) electrons. The number of hydrogen-bond donors (Lipinski definition) is 1. The highest BCUT2D eigenvalue weighted by molar-refractivity contribution is 7.09. The van der Waals surface area contributed by atoms with Gasteiger partial charge < -0.3 is 10.6 Å². The van der Waals surface area contributed by atoms with Crippen molar-refractivity contribution in [1.82, 2.24) is 14.9 Å². The normalized spacial score (nSPS) is 14.1. The van der Waals surface area contributed by atoms with Crippen molar-refractivity contribution < 1.29 is 4.79 Å². The molecule has 1 fully saturated rings. The van der Waals surface area contributed by atoms with Gasteiger partial charge in [0, 0.05) is 36.8 Å². The van der Waals surface area contributed by atoms with Crippen LogP contribution in [-0.4, -0.2) is 33.4 Å². The van der Waals surface area contributed by atoms with Crippen molar-refractivity contribution in [3.8, 4) is 0 Å². The third kappa shape index (κ3) is 3.46. The van der Waals surface area contributed by atoms with E-state index in [0.717, 1.165) is 29.8 Å². The fourth-order valence-electron chi connectivity index (χ4n) is 2.24. The topological polar surface area (TPSA) is 72.1 Å². The summed E-state index contributed by atoms with van der Waals surface area (Å²) in [6, 6.07) is 4.24. The summed E-state index contributed by atoms with van der Waals surface area (Å²) in [7, 11) is 0. The van der Waals surface area contributed by atoms with Crippen molar-refractivity contribution in [2.24, 2.45) is 5.73 Å². The van der Waals surface area contributed by atoms with Gasteiger partial charge in [0.25, 0.3) is 5.91 Å². The van der Waals surface area contributed by atoms with Crippen molar-refractivity contribution in [2.75, 3.05) is 6.54 Å². The average molecular weight is 302 g/mol. The Morgan fingerprint density at radius 3 is 3.00 bits per heavy atom. The maximum Gasteiger partial charge on any atom is 0.273 e. The number of nitrogens with two attached hydrogens (primary N) is 1. The summed E-state index contributed by atoms with van der Waals surface area (Å²) in [6.07, 6.45) is 6.43. The molecule has 0 bridgehead atoms. The van der Waals surface area contributed by atoms with E-state index in [1.807, 2.05) is 28.6 Å². The van der Waals surface area contributed by atoms with Crippen LogP contribution in [0.1, 0.15) is 33.9 Å². The van der Waals surface area contributed by atoms with Crippen molar-refractivity contribution in [3.05, 3.63) is 46.2 Å². The van der Waals surface area contributed by atoms with E-state index in [1.54, 1.807) is 6.20 Å². The highest BCUT2D eigenvalue weighted by Crippen LogP contribution is 2.30. The Labute approximate surface area is 127 Å². The zero-order valence-corrected chi connectivity index (χ0v) is 12.6. The molecular formula is C15H18N4OS. The van der Waals surface area contributed by atoms with Crippen molar-refractivity contribution >= 4 is 17.2 Å². The van der Waals surface area contributed by atoms with Crippen LogP contribution in [0.2, 0.25) is 0 Å². The number of carbonyl (C=O) groups is 1. The molecular weight excluding hydrogens is 284 g/mol. The van der Waals surface area contributed by atoms with Crippen LogP contribution in [0.4, 0.5) is 0 Å². The van der Waals surface area contributed by atoms with Gasteiger partial charge in [0.1, 0.15) is 5.69 Å². The first-order valence-electron chi connectivity index (χ1n) is 7.12. The Kier molecular flexibility index (Phi) is 4.26. The monoisotopic (exact) mass is 302 g/mol. The first kappa shape index (κ1) is 14.2. The van der Waals surface area contributed by atoms with E-state index in [9.17, 15) is 4.79 Å². The summed E-state index contributed by atoms with van der Waals surface area (Å²) in [4.78, 5) is 23.1. The van der Waals surface area contributed by atoms with Crippen LogP contribution in [-0.2, 0) is 13.0 Å². The lowest BCUT2D eigenvalue weighted by atomic mass is 10.2. The summed E-state index contributed by atoms with van der Waals surface area (Å²) in [5.74, 6) is 0.0147. The van der Waals surface area contributed by atoms with Gasteiger partial charge in [-0.05, 0) is 31.0 Å². The predicted molar refractivity (Wildman–Crippen MR) is 82.0 cm³/mol. The molecule has 0 saturated heterocycles. The Morgan fingerprint density at radius 1 is 1.48 bits per heavy atom. The summed E-state index contributed by atoms with van der Waals surface area (Å²) in [5, 5.41) is 2.77. The summed E-state index contributed by atoms with van der Waals surface area (Å²) >= 11 is 1.51. The first-order chi connectivity index (χ1) is 10.3. The van der Waals surface area contributed by atoms with Gasteiger partial charge >= 0.3 is 0 Å². The molecule has 0 unspecified atom stereocenters. The highest BCUT2D eigenvalue weighted by Gasteiger charge is 2.34. The zero-order chi connectivity index (χ0) is 14.7. The molecule has 0 atom stereocenters. The molecule has 5 nitrogen and oxygen atoms in total. The second-order valence-electron chi connectivity index (χ2n) is 5.19. The molecule has 2 heterocycles. The minimum absolute atomic E-state index is 0.0147. The third-order valence-electron chi connectivity index (χ3n) is 3.45. The van der Waals surface area contributed by atoms with Crippen molar-refractivity contribution in [2.45, 2.75) is 31.8 Å². The van der Waals surface area contributed by atoms with Gasteiger partial charge in [-0.2, -0.15) is 0 Å². The molecule has 6 heteroatoms. The Hall–Kier alpha value is -1.79. The van der Waals surface area contributed by atoms with E-state index in [1.165, 1.54) is 11.3 Å². The molecule has 0 spiro atoms. The van der Waals surface area contributed by atoms with Crippen LogP contribution in [0.25, 0.3) is 0 Å². The van der Waals surface area contributed by atoms with Gasteiger partial charge in [0.15, 0.2) is 0 Å². The molecule has 110 valence electrons. The van der Waals surface area contributed by atoms with Crippen molar-refractivity contribution in [1.29, 1.82) is 0 Å². The third-order valence-corrected chi connectivity index (χ3v) is 4.36. The summed E-state index contributed by atoms with van der Waals surface area (Å²) < 4.78 is 0. The summed E-state index contributed by atoms with van der Waals surface area (Å²) in [5.41, 5.74) is 7.12. The van der Waals surface area contributed by atoms with Crippen molar-refractivity contribution in [3.63, 3.8) is 0 Å². The zero-order valence-electron chi connectivity index (χ0n) is 11.7. The predicted octanol–water partition coefficient (Wildman–Crippen LogP) is 1.84. The molecule has 1 saturated carbocycles. The second kappa shape index (κ2) is 6.32. The second-order valence-corrected chi connectivity index (χ2v) is 6.13. The number of aromatic nitrogens is 2. The fraction of sp³-hybridized carbons (Fsp3) is 0.400. The van der Waals surface area contributed by atoms with Gasteiger partial charge in [-0.1, -0.05) is 6.07 Å².